The van der Waals surface area contributed by atoms with Gasteiger partial charge in [-0.3, -0.25) is 4.79 Å². The van der Waals surface area contributed by atoms with Crippen molar-refractivity contribution in [2.24, 2.45) is 0 Å². The van der Waals surface area contributed by atoms with E-state index in [0.717, 1.165) is 16.3 Å². The molecule has 3 aromatic rings. The molecule has 0 atom stereocenters. The minimum Gasteiger partial charge on any atom is -0.486 e. The van der Waals surface area contributed by atoms with Crippen LogP contribution in [0.2, 0.25) is 0 Å². The highest BCUT2D eigenvalue weighted by atomic mass is 32.1. The minimum atomic E-state index is -0.0370. The Kier molecular flexibility index (Phi) is 5.22. The average Bonchev–Trinajstić information content (AvgIpc) is 3.36. The van der Waals surface area contributed by atoms with Gasteiger partial charge in [0.05, 0.1) is 23.7 Å². The Bertz CT molecular complexity index is 914. The van der Waals surface area contributed by atoms with Crippen LogP contribution in [0.25, 0.3) is 10.8 Å². The van der Waals surface area contributed by atoms with Crippen LogP contribution in [0.4, 0.5) is 0 Å². The molecule has 0 aliphatic carbocycles. The van der Waals surface area contributed by atoms with E-state index in [1.165, 1.54) is 0 Å². The number of nitrogens with zero attached hydrogens (tertiary/aromatic N) is 2. The van der Waals surface area contributed by atoms with Crippen LogP contribution >= 0.6 is 11.3 Å². The van der Waals surface area contributed by atoms with Crippen molar-refractivity contribution in [3.63, 3.8) is 0 Å². The third-order valence-electron chi connectivity index (χ3n) is 4.40. The first-order chi connectivity index (χ1) is 13.2. The van der Waals surface area contributed by atoms with Gasteiger partial charge in [-0.2, -0.15) is 0 Å². The molecule has 1 amide bonds. The number of aromatic nitrogens is 1. The number of morpholine rings is 1. The lowest BCUT2D eigenvalue weighted by atomic mass is 10.1. The monoisotopic (exact) mass is 384 g/mol. The van der Waals surface area contributed by atoms with Crippen LogP contribution in [0.3, 0.4) is 0 Å². The summed E-state index contributed by atoms with van der Waals surface area (Å²) in [6, 6.07) is 11.2. The predicted octanol–water partition coefficient (Wildman–Crippen LogP) is 3.76. The van der Waals surface area contributed by atoms with Gasteiger partial charge in [-0.1, -0.05) is 18.2 Å². The topological polar surface area (TPSA) is 64.8 Å². The summed E-state index contributed by atoms with van der Waals surface area (Å²) >= 11 is 1.58. The van der Waals surface area contributed by atoms with Gasteiger partial charge in [0.2, 0.25) is 5.89 Å². The smallest absolute Gasteiger partial charge is 0.257 e. The van der Waals surface area contributed by atoms with Gasteiger partial charge in [-0.15, -0.1) is 11.3 Å². The summed E-state index contributed by atoms with van der Waals surface area (Å²) in [6.07, 6.45) is 0. The Balaban J connectivity index is 1.50. The Morgan fingerprint density at radius 1 is 1.22 bits per heavy atom. The van der Waals surface area contributed by atoms with Crippen LogP contribution < -0.4 is 4.74 Å². The number of hydrogen-bond donors (Lipinski definition) is 0. The van der Waals surface area contributed by atoms with Crippen molar-refractivity contribution >= 4 is 17.2 Å². The van der Waals surface area contributed by atoms with Crippen LogP contribution in [0.15, 0.2) is 46.2 Å². The van der Waals surface area contributed by atoms with Crippen molar-refractivity contribution < 1.29 is 18.7 Å². The van der Waals surface area contributed by atoms with Gasteiger partial charge in [0.15, 0.2) is 0 Å². The van der Waals surface area contributed by atoms with Gasteiger partial charge in [-0.25, -0.2) is 4.98 Å². The standard InChI is InChI=1S/C20H20N2O4S/c1-14-16(21-19(26-14)18-7-4-12-27-18)13-25-17-6-3-2-5-15(17)20(23)22-8-10-24-11-9-22/h2-7,12H,8-11,13H2,1H3. The van der Waals surface area contributed by atoms with Crippen molar-refractivity contribution in [2.45, 2.75) is 13.5 Å². The molecule has 7 heteroatoms. The summed E-state index contributed by atoms with van der Waals surface area (Å²) in [5.74, 6) is 1.83. The van der Waals surface area contributed by atoms with E-state index in [-0.39, 0.29) is 12.5 Å². The van der Waals surface area contributed by atoms with Gasteiger partial charge < -0.3 is 18.8 Å². The molecule has 0 saturated carbocycles. The fraction of sp³-hybridized carbons (Fsp3) is 0.300. The van der Waals surface area contributed by atoms with Gasteiger partial charge in [0, 0.05) is 13.1 Å². The van der Waals surface area contributed by atoms with Gasteiger partial charge in [0.25, 0.3) is 5.91 Å². The number of hydrogen-bond acceptors (Lipinski definition) is 6. The van der Waals surface area contributed by atoms with E-state index in [9.17, 15) is 4.79 Å². The summed E-state index contributed by atoms with van der Waals surface area (Å²) in [4.78, 5) is 20.1. The number of rotatable bonds is 5. The second kappa shape index (κ2) is 7.94. The van der Waals surface area contributed by atoms with Crippen molar-refractivity contribution in [1.29, 1.82) is 0 Å². The third-order valence-corrected chi connectivity index (χ3v) is 5.26. The molecule has 1 aromatic carbocycles. The Morgan fingerprint density at radius 3 is 2.81 bits per heavy atom. The zero-order valence-corrected chi connectivity index (χ0v) is 15.8. The van der Waals surface area contributed by atoms with E-state index in [2.05, 4.69) is 4.98 Å². The predicted molar refractivity (Wildman–Crippen MR) is 102 cm³/mol. The molecule has 1 aliphatic heterocycles. The lowest BCUT2D eigenvalue weighted by molar-refractivity contribution is 0.0300. The molecule has 3 heterocycles. The second-order valence-electron chi connectivity index (χ2n) is 6.19. The van der Waals surface area contributed by atoms with Gasteiger partial charge >= 0.3 is 0 Å². The number of carbonyl (C=O) groups is 1. The van der Waals surface area contributed by atoms with Crippen LogP contribution in [0.1, 0.15) is 21.8 Å². The molecule has 140 valence electrons. The Morgan fingerprint density at radius 2 is 2.04 bits per heavy atom. The van der Waals surface area contributed by atoms with Crippen LogP contribution in [-0.4, -0.2) is 42.1 Å². The molecule has 2 aromatic heterocycles. The zero-order chi connectivity index (χ0) is 18.6. The van der Waals surface area contributed by atoms with E-state index in [1.807, 2.05) is 42.6 Å². The molecular formula is C20H20N2O4S. The summed E-state index contributed by atoms with van der Waals surface area (Å²) in [5.41, 5.74) is 1.28. The maximum atomic E-state index is 12.8. The summed E-state index contributed by atoms with van der Waals surface area (Å²) in [6.45, 7) is 4.44. The molecule has 6 nitrogen and oxygen atoms in total. The Hall–Kier alpha value is -2.64. The van der Waals surface area contributed by atoms with E-state index in [4.69, 9.17) is 13.9 Å². The molecular weight excluding hydrogens is 364 g/mol. The Labute approximate surface area is 161 Å². The fourth-order valence-electron chi connectivity index (χ4n) is 2.92. The van der Waals surface area contributed by atoms with E-state index >= 15 is 0 Å². The highest BCUT2D eigenvalue weighted by Gasteiger charge is 2.22. The van der Waals surface area contributed by atoms with Crippen LogP contribution in [0.5, 0.6) is 5.75 Å². The molecule has 1 aliphatic rings. The molecule has 27 heavy (non-hydrogen) atoms. The zero-order valence-electron chi connectivity index (χ0n) is 15.0. The lowest BCUT2D eigenvalue weighted by Gasteiger charge is -2.27. The average molecular weight is 384 g/mol. The van der Waals surface area contributed by atoms with E-state index in [0.29, 0.717) is 43.5 Å². The molecule has 0 N–H and O–H groups in total. The quantitative estimate of drug-likeness (QED) is 0.670. The molecule has 0 radical (unpaired) electrons. The number of oxazole rings is 1. The third kappa shape index (κ3) is 3.89. The minimum absolute atomic E-state index is 0.0370. The lowest BCUT2D eigenvalue weighted by Crippen LogP contribution is -2.40. The largest absolute Gasteiger partial charge is 0.486 e. The van der Waals surface area contributed by atoms with Crippen molar-refractivity contribution in [2.75, 3.05) is 26.3 Å². The molecule has 0 unspecified atom stereocenters. The normalized spacial score (nSPS) is 14.3. The van der Waals surface area contributed by atoms with Gasteiger partial charge in [0.1, 0.15) is 23.8 Å². The van der Waals surface area contributed by atoms with Crippen LogP contribution in [0, 0.1) is 6.92 Å². The maximum absolute atomic E-state index is 12.8. The highest BCUT2D eigenvalue weighted by Crippen LogP contribution is 2.27. The number of amides is 1. The number of para-hydroxylation sites is 1. The van der Waals surface area contributed by atoms with Crippen molar-refractivity contribution in [3.05, 3.63) is 58.8 Å². The molecule has 1 fully saturated rings. The number of thiophene rings is 1. The van der Waals surface area contributed by atoms with Crippen molar-refractivity contribution in [3.8, 4) is 16.5 Å². The van der Waals surface area contributed by atoms with Gasteiger partial charge in [-0.05, 0) is 30.5 Å². The summed E-state index contributed by atoms with van der Waals surface area (Å²) < 4.78 is 17.0. The first-order valence-corrected chi connectivity index (χ1v) is 9.69. The maximum Gasteiger partial charge on any atom is 0.257 e. The SMILES string of the molecule is Cc1oc(-c2cccs2)nc1COc1ccccc1C(=O)N1CCOCC1. The highest BCUT2D eigenvalue weighted by molar-refractivity contribution is 7.13. The first-order valence-electron chi connectivity index (χ1n) is 8.81. The number of aryl methyl sites for hydroxylation is 1. The summed E-state index contributed by atoms with van der Waals surface area (Å²) in [7, 11) is 0. The van der Waals surface area contributed by atoms with Crippen molar-refractivity contribution in [1.82, 2.24) is 9.88 Å². The van der Waals surface area contributed by atoms with Crippen LogP contribution in [-0.2, 0) is 11.3 Å². The van der Waals surface area contributed by atoms with E-state index in [1.54, 1.807) is 22.3 Å². The molecule has 1 saturated heterocycles. The first kappa shape index (κ1) is 17.8. The summed E-state index contributed by atoms with van der Waals surface area (Å²) in [5, 5.41) is 1.98. The number of benzene rings is 1. The number of ether oxygens (including phenoxy) is 2. The number of carbonyl (C=O) groups excluding carboxylic acids is 1. The second-order valence-corrected chi connectivity index (χ2v) is 7.14. The fourth-order valence-corrected chi connectivity index (χ4v) is 3.57. The van der Waals surface area contributed by atoms with E-state index < -0.39 is 0 Å². The molecule has 4 rings (SSSR count). The molecule has 0 bridgehead atoms. The molecule has 0 spiro atoms.